The second kappa shape index (κ2) is 12.9. The number of carbonyl (C=O) groups is 3. The predicted octanol–water partition coefficient (Wildman–Crippen LogP) is 3.99. The first-order valence-corrected chi connectivity index (χ1v) is 14.0. The van der Waals surface area contributed by atoms with Gasteiger partial charge in [0.05, 0.1) is 11.8 Å². The van der Waals surface area contributed by atoms with E-state index in [0.717, 1.165) is 16.4 Å². The number of benzene rings is 1. The number of aromatic nitrogens is 1. The molecule has 0 aliphatic carbocycles. The molecule has 0 radical (unpaired) electrons. The van der Waals surface area contributed by atoms with Crippen molar-refractivity contribution >= 4 is 34.4 Å². The Balaban J connectivity index is 1.61. The van der Waals surface area contributed by atoms with E-state index >= 15 is 0 Å². The number of nitriles is 1. The number of anilines is 1. The number of piperazine rings is 1. The Morgan fingerprint density at radius 3 is 2.36 bits per heavy atom. The van der Waals surface area contributed by atoms with Gasteiger partial charge < -0.3 is 24.8 Å². The van der Waals surface area contributed by atoms with Gasteiger partial charge in [-0.3, -0.25) is 9.59 Å². The van der Waals surface area contributed by atoms with Crippen molar-refractivity contribution in [2.24, 2.45) is 5.92 Å². The summed E-state index contributed by atoms with van der Waals surface area (Å²) >= 11 is 1.54. The number of hydrogen-bond acceptors (Lipinski definition) is 8. The maximum absolute atomic E-state index is 12.9. The summed E-state index contributed by atoms with van der Waals surface area (Å²) in [6.07, 6.45) is 0.187. The zero-order valence-electron chi connectivity index (χ0n) is 23.6. The van der Waals surface area contributed by atoms with Crippen molar-refractivity contribution < 1.29 is 19.1 Å². The smallest absolute Gasteiger partial charge is 0.410 e. The van der Waals surface area contributed by atoms with E-state index in [1.54, 1.807) is 35.4 Å². The molecule has 210 valence electrons. The molecule has 0 unspecified atom stereocenters. The van der Waals surface area contributed by atoms with Crippen LogP contribution in [0, 0.1) is 17.2 Å². The van der Waals surface area contributed by atoms with Gasteiger partial charge in [-0.25, -0.2) is 9.78 Å². The Bertz CT molecular complexity index is 1190. The molecule has 2 heterocycles. The second-order valence-electron chi connectivity index (χ2n) is 11.1. The highest BCUT2D eigenvalue weighted by Gasteiger charge is 2.27. The molecule has 1 atom stereocenters. The van der Waals surface area contributed by atoms with Gasteiger partial charge >= 0.3 is 6.09 Å². The molecule has 0 saturated carbocycles. The molecule has 0 bridgehead atoms. The third-order valence-corrected chi connectivity index (χ3v) is 7.03. The predicted molar refractivity (Wildman–Crippen MR) is 152 cm³/mol. The highest BCUT2D eigenvalue weighted by atomic mass is 32.1. The number of carbonyl (C=O) groups excluding carboxylic acids is 3. The summed E-state index contributed by atoms with van der Waals surface area (Å²) in [7, 11) is 1.56. The molecule has 39 heavy (non-hydrogen) atoms. The summed E-state index contributed by atoms with van der Waals surface area (Å²) in [5, 5.41) is 14.6. The molecule has 1 fully saturated rings. The van der Waals surface area contributed by atoms with Crippen molar-refractivity contribution in [1.82, 2.24) is 20.1 Å². The van der Waals surface area contributed by atoms with Gasteiger partial charge in [0, 0.05) is 49.7 Å². The third kappa shape index (κ3) is 8.42. The number of amides is 3. The fraction of sp³-hybridized carbons (Fsp3) is 0.536. The van der Waals surface area contributed by atoms with Gasteiger partial charge in [0.25, 0.3) is 5.91 Å². The zero-order valence-corrected chi connectivity index (χ0v) is 24.4. The van der Waals surface area contributed by atoms with Crippen LogP contribution in [0.2, 0.25) is 0 Å². The Labute approximate surface area is 234 Å². The molecule has 11 heteroatoms. The minimum absolute atomic E-state index is 0.0347. The van der Waals surface area contributed by atoms with E-state index in [2.05, 4.69) is 10.2 Å². The lowest BCUT2D eigenvalue weighted by Crippen LogP contribution is -2.50. The molecule has 0 spiro atoms. The Morgan fingerprint density at radius 1 is 1.15 bits per heavy atom. The van der Waals surface area contributed by atoms with Gasteiger partial charge in [-0.15, -0.1) is 11.3 Å². The standard InChI is InChI=1S/C28H38N6O4S/c1-19(2)17-22(25(36)32(6)12-11-29)30-24(35)21-9-7-20(8-10-21)23-18-39-26(31-23)33-13-15-34(16-14-33)27(37)38-28(3,4)5/h7-10,18-19,22H,12-17H2,1-6H3,(H,30,35)/t22-/m0/s1. The number of hydrogen-bond donors (Lipinski definition) is 1. The van der Waals surface area contributed by atoms with Crippen molar-refractivity contribution in [2.75, 3.05) is 44.7 Å². The molecule has 3 rings (SSSR count). The summed E-state index contributed by atoms with van der Waals surface area (Å²) < 4.78 is 5.47. The van der Waals surface area contributed by atoms with Crippen LogP contribution in [0.1, 0.15) is 51.4 Å². The summed E-state index contributed by atoms with van der Waals surface area (Å²) in [5.41, 5.74) is 1.61. The molecule has 1 aromatic heterocycles. The Kier molecular flexibility index (Phi) is 9.92. The summed E-state index contributed by atoms with van der Waals surface area (Å²) in [5.74, 6) is -0.429. The fourth-order valence-electron chi connectivity index (χ4n) is 4.13. The maximum atomic E-state index is 12.9. The molecule has 3 amide bonds. The van der Waals surface area contributed by atoms with Crippen LogP contribution in [0.15, 0.2) is 29.6 Å². The van der Waals surface area contributed by atoms with E-state index in [0.29, 0.717) is 38.2 Å². The van der Waals surface area contributed by atoms with Crippen LogP contribution in [0.5, 0.6) is 0 Å². The fourth-order valence-corrected chi connectivity index (χ4v) is 5.01. The quantitative estimate of drug-likeness (QED) is 0.490. The van der Waals surface area contributed by atoms with Crippen LogP contribution in [0.25, 0.3) is 11.3 Å². The number of thiazole rings is 1. The van der Waals surface area contributed by atoms with E-state index in [9.17, 15) is 14.4 Å². The van der Waals surface area contributed by atoms with Crippen LogP contribution in [0.4, 0.5) is 9.93 Å². The van der Waals surface area contributed by atoms with Crippen LogP contribution in [-0.2, 0) is 9.53 Å². The number of rotatable bonds is 8. The molecular weight excluding hydrogens is 516 g/mol. The average Bonchev–Trinajstić information content (AvgIpc) is 3.37. The monoisotopic (exact) mass is 554 g/mol. The van der Waals surface area contributed by atoms with Gasteiger partial charge in [0.1, 0.15) is 18.2 Å². The molecule has 2 aromatic rings. The highest BCUT2D eigenvalue weighted by molar-refractivity contribution is 7.14. The van der Waals surface area contributed by atoms with Gasteiger partial charge in [0.15, 0.2) is 5.13 Å². The minimum Gasteiger partial charge on any atom is -0.444 e. The maximum Gasteiger partial charge on any atom is 0.410 e. The van der Waals surface area contributed by atoms with Crippen molar-refractivity contribution in [2.45, 2.75) is 52.7 Å². The zero-order chi connectivity index (χ0) is 28.7. The minimum atomic E-state index is -0.701. The third-order valence-electron chi connectivity index (χ3n) is 6.13. The number of ether oxygens (including phenoxy) is 1. The van der Waals surface area contributed by atoms with Gasteiger partial charge in [-0.2, -0.15) is 5.26 Å². The first kappa shape index (κ1) is 29.9. The lowest BCUT2D eigenvalue weighted by Gasteiger charge is -2.35. The molecular formula is C28H38N6O4S. The number of nitrogens with one attached hydrogen (secondary N) is 1. The average molecular weight is 555 g/mol. The number of likely N-dealkylation sites (N-methyl/N-ethyl adjacent to an activating group) is 1. The topological polar surface area (TPSA) is 119 Å². The van der Waals surface area contributed by atoms with Crippen LogP contribution in [-0.4, -0.2) is 84.1 Å². The first-order chi connectivity index (χ1) is 18.4. The second-order valence-corrected chi connectivity index (χ2v) is 11.9. The van der Waals surface area contributed by atoms with E-state index in [4.69, 9.17) is 15.0 Å². The SMILES string of the molecule is CC(C)C[C@H](NC(=O)c1ccc(-c2csc(N3CCN(C(=O)OC(C)(C)C)CC3)n2)cc1)C(=O)N(C)CC#N. The Morgan fingerprint density at radius 2 is 1.79 bits per heavy atom. The van der Waals surface area contributed by atoms with Crippen LogP contribution < -0.4 is 10.2 Å². The molecule has 1 aromatic carbocycles. The summed E-state index contributed by atoms with van der Waals surface area (Å²) in [6.45, 7) is 12.0. The Hall–Kier alpha value is -3.65. The van der Waals surface area contributed by atoms with Crippen LogP contribution >= 0.6 is 11.3 Å². The lowest BCUT2D eigenvalue weighted by molar-refractivity contribution is -0.131. The normalized spacial score (nSPS) is 14.5. The van der Waals surface area contributed by atoms with Gasteiger partial charge in [-0.05, 0) is 45.2 Å². The van der Waals surface area contributed by atoms with E-state index in [1.165, 1.54) is 4.90 Å². The highest BCUT2D eigenvalue weighted by Crippen LogP contribution is 2.28. The van der Waals surface area contributed by atoms with Gasteiger partial charge in [0.2, 0.25) is 5.91 Å². The molecule has 1 N–H and O–H groups in total. The molecule has 1 aliphatic rings. The van der Waals surface area contributed by atoms with Crippen LogP contribution in [0.3, 0.4) is 0 Å². The van der Waals surface area contributed by atoms with E-state index < -0.39 is 11.6 Å². The van der Waals surface area contributed by atoms with Crippen molar-refractivity contribution in [3.8, 4) is 17.3 Å². The van der Waals surface area contributed by atoms with Crippen molar-refractivity contribution in [3.05, 3.63) is 35.2 Å². The van der Waals surface area contributed by atoms with E-state index in [1.807, 2.05) is 58.2 Å². The van der Waals surface area contributed by atoms with E-state index in [-0.39, 0.29) is 30.4 Å². The lowest BCUT2D eigenvalue weighted by atomic mass is 10.0. The number of nitrogens with zero attached hydrogens (tertiary/aromatic N) is 5. The van der Waals surface area contributed by atoms with Crippen molar-refractivity contribution in [3.63, 3.8) is 0 Å². The largest absolute Gasteiger partial charge is 0.444 e. The van der Waals surface area contributed by atoms with Gasteiger partial charge in [-0.1, -0.05) is 26.0 Å². The summed E-state index contributed by atoms with van der Waals surface area (Å²) in [4.78, 5) is 48.0. The van der Waals surface area contributed by atoms with Crippen molar-refractivity contribution in [1.29, 1.82) is 5.26 Å². The molecule has 1 saturated heterocycles. The molecule has 1 aliphatic heterocycles. The molecule has 10 nitrogen and oxygen atoms in total. The first-order valence-electron chi connectivity index (χ1n) is 13.1. The summed E-state index contributed by atoms with van der Waals surface area (Å²) in [6, 6.07) is 8.39.